The molecule has 1 rings (SSSR count). The summed E-state index contributed by atoms with van der Waals surface area (Å²) in [5.41, 5.74) is -1.39. The Morgan fingerprint density at radius 1 is 1.39 bits per heavy atom. The molecule has 1 saturated carbocycles. The second-order valence-corrected chi connectivity index (χ2v) is 4.40. The van der Waals surface area contributed by atoms with E-state index in [1.165, 1.54) is 14.2 Å². The van der Waals surface area contributed by atoms with Gasteiger partial charge in [-0.2, -0.15) is 13.2 Å². The molecule has 106 valence electrons. The van der Waals surface area contributed by atoms with Gasteiger partial charge in [0, 0.05) is 7.11 Å². The van der Waals surface area contributed by atoms with Crippen LogP contribution in [0.5, 0.6) is 0 Å². The number of nitrogens with one attached hydrogen (secondary N) is 1. The number of ether oxygens (including phenoxy) is 2. The van der Waals surface area contributed by atoms with Crippen LogP contribution in [0.3, 0.4) is 0 Å². The molecule has 1 aliphatic rings. The molecule has 7 heteroatoms. The van der Waals surface area contributed by atoms with Gasteiger partial charge in [0.05, 0.1) is 19.8 Å². The van der Waals surface area contributed by atoms with E-state index in [-0.39, 0.29) is 6.42 Å². The molecule has 4 nitrogen and oxygen atoms in total. The maximum Gasteiger partial charge on any atom is 0.401 e. The minimum atomic E-state index is -4.38. The molecule has 1 aliphatic carbocycles. The van der Waals surface area contributed by atoms with Gasteiger partial charge in [-0.25, -0.2) is 4.79 Å². The molecule has 0 aromatic rings. The summed E-state index contributed by atoms with van der Waals surface area (Å²) in [7, 11) is 2.56. The third kappa shape index (κ3) is 3.35. The fourth-order valence-electron chi connectivity index (χ4n) is 2.41. The number of hydrogen-bond donors (Lipinski definition) is 1. The van der Waals surface area contributed by atoms with E-state index in [1.54, 1.807) is 0 Å². The van der Waals surface area contributed by atoms with E-state index in [1.807, 2.05) is 0 Å². The summed E-state index contributed by atoms with van der Waals surface area (Å²) in [4.78, 5) is 11.8. The Hall–Kier alpha value is -0.820. The number of rotatable bonds is 4. The number of methoxy groups -OCH3 is 2. The van der Waals surface area contributed by atoms with Crippen molar-refractivity contribution in [1.82, 2.24) is 5.32 Å². The van der Waals surface area contributed by atoms with E-state index in [0.717, 1.165) is 6.42 Å². The van der Waals surface area contributed by atoms with E-state index < -0.39 is 30.3 Å². The van der Waals surface area contributed by atoms with Crippen molar-refractivity contribution in [3.8, 4) is 0 Å². The first-order chi connectivity index (χ1) is 8.35. The van der Waals surface area contributed by atoms with Crippen LogP contribution in [0.15, 0.2) is 0 Å². The maximum absolute atomic E-state index is 12.3. The smallest absolute Gasteiger partial charge is 0.401 e. The third-order valence-corrected chi connectivity index (χ3v) is 3.28. The van der Waals surface area contributed by atoms with Gasteiger partial charge in [-0.15, -0.1) is 0 Å². The van der Waals surface area contributed by atoms with Gasteiger partial charge in [-0.05, 0) is 12.8 Å². The van der Waals surface area contributed by atoms with Crippen LogP contribution in [-0.2, 0) is 14.3 Å². The standard InChI is InChI=1S/C11H18F3NO3/c1-17-8-5-3-4-6-10(8,9(16)18-2)15-7-11(12,13)14/h8,15H,3-7H2,1-2H3. The normalized spacial score (nSPS) is 29.1. The summed E-state index contributed by atoms with van der Waals surface area (Å²) in [5.74, 6) is -0.696. The lowest BCUT2D eigenvalue weighted by molar-refractivity contribution is -0.165. The molecule has 0 amide bonds. The second kappa shape index (κ2) is 5.88. The topological polar surface area (TPSA) is 47.6 Å². The van der Waals surface area contributed by atoms with Gasteiger partial charge in [0.1, 0.15) is 5.54 Å². The van der Waals surface area contributed by atoms with Crippen LogP contribution < -0.4 is 5.32 Å². The zero-order valence-electron chi connectivity index (χ0n) is 10.5. The van der Waals surface area contributed by atoms with E-state index in [0.29, 0.717) is 12.8 Å². The van der Waals surface area contributed by atoms with Crippen molar-refractivity contribution in [3.63, 3.8) is 0 Å². The summed E-state index contributed by atoms with van der Waals surface area (Å²) in [5, 5.41) is 2.30. The highest BCUT2D eigenvalue weighted by Gasteiger charge is 2.50. The van der Waals surface area contributed by atoms with Crippen LogP contribution >= 0.6 is 0 Å². The molecular formula is C11H18F3NO3. The monoisotopic (exact) mass is 269 g/mol. The Morgan fingerprint density at radius 2 is 2.06 bits per heavy atom. The molecule has 0 spiro atoms. The van der Waals surface area contributed by atoms with Crippen LogP contribution in [0.25, 0.3) is 0 Å². The Labute approximate surface area is 104 Å². The van der Waals surface area contributed by atoms with Crippen LogP contribution in [-0.4, -0.2) is 44.6 Å². The Balaban J connectivity index is 2.89. The first kappa shape index (κ1) is 15.2. The number of carbonyl (C=O) groups excluding carboxylic acids is 1. The molecule has 0 saturated heterocycles. The zero-order valence-corrected chi connectivity index (χ0v) is 10.5. The number of esters is 1. The molecule has 0 aromatic carbocycles. The number of alkyl halides is 3. The van der Waals surface area contributed by atoms with Crippen LogP contribution in [0.2, 0.25) is 0 Å². The number of halogens is 3. The van der Waals surface area contributed by atoms with Gasteiger partial charge >= 0.3 is 12.1 Å². The Bertz CT molecular complexity index is 296. The van der Waals surface area contributed by atoms with Crippen molar-refractivity contribution in [2.75, 3.05) is 20.8 Å². The van der Waals surface area contributed by atoms with Crippen molar-refractivity contribution >= 4 is 5.97 Å². The summed E-state index contributed by atoms with van der Waals surface area (Å²) in [6.45, 7) is -1.23. The largest absolute Gasteiger partial charge is 0.468 e. The predicted molar refractivity (Wildman–Crippen MR) is 58.1 cm³/mol. The molecule has 1 N–H and O–H groups in total. The highest BCUT2D eigenvalue weighted by atomic mass is 19.4. The fourth-order valence-corrected chi connectivity index (χ4v) is 2.41. The summed E-state index contributed by atoms with van der Waals surface area (Å²) in [6, 6.07) is 0. The molecule has 0 heterocycles. The molecule has 1 fully saturated rings. The fraction of sp³-hybridized carbons (Fsp3) is 0.909. The van der Waals surface area contributed by atoms with Crippen molar-refractivity contribution < 1.29 is 27.4 Å². The van der Waals surface area contributed by atoms with Crippen LogP contribution in [0.4, 0.5) is 13.2 Å². The zero-order chi connectivity index (χ0) is 13.8. The molecule has 18 heavy (non-hydrogen) atoms. The summed E-state index contributed by atoms with van der Waals surface area (Å²) < 4.78 is 46.8. The lowest BCUT2D eigenvalue weighted by Crippen LogP contribution is -2.64. The minimum absolute atomic E-state index is 0.286. The average molecular weight is 269 g/mol. The first-order valence-corrected chi connectivity index (χ1v) is 5.78. The third-order valence-electron chi connectivity index (χ3n) is 3.28. The Kier molecular flexibility index (Phi) is 4.98. The maximum atomic E-state index is 12.3. The molecule has 0 aromatic heterocycles. The van der Waals surface area contributed by atoms with Crippen molar-refractivity contribution in [1.29, 1.82) is 0 Å². The van der Waals surface area contributed by atoms with Crippen LogP contribution in [0, 0.1) is 0 Å². The average Bonchev–Trinajstić information content (AvgIpc) is 2.34. The SMILES string of the molecule is COC(=O)C1(NCC(F)(F)F)CCCCC1OC. The van der Waals surface area contributed by atoms with Gasteiger partial charge < -0.3 is 9.47 Å². The van der Waals surface area contributed by atoms with Crippen molar-refractivity contribution in [2.45, 2.75) is 43.5 Å². The summed E-state index contributed by atoms with van der Waals surface area (Å²) >= 11 is 0. The highest BCUT2D eigenvalue weighted by molar-refractivity contribution is 5.82. The quantitative estimate of drug-likeness (QED) is 0.788. The minimum Gasteiger partial charge on any atom is -0.468 e. The van der Waals surface area contributed by atoms with E-state index in [2.05, 4.69) is 10.1 Å². The van der Waals surface area contributed by atoms with Gasteiger partial charge in [0.2, 0.25) is 0 Å². The van der Waals surface area contributed by atoms with Crippen LogP contribution in [0.1, 0.15) is 25.7 Å². The molecule has 0 bridgehead atoms. The molecular weight excluding hydrogens is 251 g/mol. The summed E-state index contributed by atoms with van der Waals surface area (Å²) in [6.07, 6.45) is -2.66. The predicted octanol–water partition coefficient (Wildman–Crippen LogP) is 1.64. The van der Waals surface area contributed by atoms with Crippen molar-refractivity contribution in [2.24, 2.45) is 0 Å². The van der Waals surface area contributed by atoms with E-state index >= 15 is 0 Å². The first-order valence-electron chi connectivity index (χ1n) is 5.78. The highest BCUT2D eigenvalue weighted by Crippen LogP contribution is 2.32. The van der Waals surface area contributed by atoms with Gasteiger partial charge in [0.25, 0.3) is 0 Å². The Morgan fingerprint density at radius 3 is 2.56 bits per heavy atom. The van der Waals surface area contributed by atoms with Gasteiger partial charge in [-0.1, -0.05) is 12.8 Å². The number of hydrogen-bond acceptors (Lipinski definition) is 4. The molecule has 0 radical (unpaired) electrons. The lowest BCUT2D eigenvalue weighted by atomic mass is 9.79. The molecule has 2 atom stereocenters. The second-order valence-electron chi connectivity index (χ2n) is 4.40. The van der Waals surface area contributed by atoms with Gasteiger partial charge in [-0.3, -0.25) is 5.32 Å². The molecule has 0 aliphatic heterocycles. The van der Waals surface area contributed by atoms with E-state index in [9.17, 15) is 18.0 Å². The van der Waals surface area contributed by atoms with Crippen molar-refractivity contribution in [3.05, 3.63) is 0 Å². The lowest BCUT2D eigenvalue weighted by Gasteiger charge is -2.41. The van der Waals surface area contributed by atoms with E-state index in [4.69, 9.17) is 4.74 Å². The number of carbonyl (C=O) groups is 1. The molecule has 2 unspecified atom stereocenters. The van der Waals surface area contributed by atoms with Gasteiger partial charge in [0.15, 0.2) is 0 Å².